The molecule has 1 fully saturated rings. The predicted molar refractivity (Wildman–Crippen MR) is 132 cm³/mol. The van der Waals surface area contributed by atoms with Crippen molar-refractivity contribution in [1.82, 2.24) is 9.97 Å². The van der Waals surface area contributed by atoms with Gasteiger partial charge in [-0.15, -0.1) is 11.3 Å². The highest BCUT2D eigenvalue weighted by Crippen LogP contribution is 2.43. The van der Waals surface area contributed by atoms with E-state index in [1.165, 1.54) is 21.4 Å². The third-order valence-electron chi connectivity index (χ3n) is 6.66. The number of nitrogens with zero attached hydrogens (tertiary/aromatic N) is 2. The van der Waals surface area contributed by atoms with Gasteiger partial charge in [0.15, 0.2) is 0 Å². The Labute approximate surface area is 192 Å². The smallest absolute Gasteiger partial charge is 0.229 e. The first-order valence-electron chi connectivity index (χ1n) is 11.2. The third-order valence-corrected chi connectivity index (χ3v) is 7.81. The second-order valence-corrected chi connectivity index (χ2v) is 9.90. The lowest BCUT2D eigenvalue weighted by Crippen LogP contribution is -2.25. The molecule has 2 heterocycles. The van der Waals surface area contributed by atoms with Gasteiger partial charge in [0.1, 0.15) is 5.82 Å². The lowest BCUT2D eigenvalue weighted by Gasteiger charge is -2.17. The number of carbonyl (C=O) groups excluding carboxylic acids is 1. The normalized spacial score (nSPS) is 18.2. The molecule has 1 aliphatic rings. The second-order valence-electron chi connectivity index (χ2n) is 8.84. The van der Waals surface area contributed by atoms with Gasteiger partial charge in [0.2, 0.25) is 5.91 Å². The molecule has 4 aromatic rings. The van der Waals surface area contributed by atoms with Crippen molar-refractivity contribution in [3.8, 4) is 11.1 Å². The highest BCUT2D eigenvalue weighted by molar-refractivity contribution is 7.18. The minimum Gasteiger partial charge on any atom is -0.310 e. The zero-order valence-electron chi connectivity index (χ0n) is 18.7. The molecule has 0 bridgehead atoms. The number of rotatable bonds is 4. The van der Waals surface area contributed by atoms with E-state index in [2.05, 4.69) is 55.3 Å². The number of aromatic nitrogens is 2. The van der Waals surface area contributed by atoms with Crippen LogP contribution in [0.1, 0.15) is 46.9 Å². The summed E-state index contributed by atoms with van der Waals surface area (Å²) in [5, 5.41) is 4.14. The molecule has 1 aliphatic carbocycles. The summed E-state index contributed by atoms with van der Waals surface area (Å²) in [5.41, 5.74) is 7.02. The topological polar surface area (TPSA) is 54.9 Å². The number of thiazole rings is 1. The van der Waals surface area contributed by atoms with E-state index >= 15 is 0 Å². The average molecular weight is 442 g/mol. The molecule has 2 atom stereocenters. The number of aryl methyl sites for hydroxylation is 3. The van der Waals surface area contributed by atoms with Gasteiger partial charge in [-0.1, -0.05) is 30.7 Å². The molecule has 0 aliphatic heterocycles. The van der Waals surface area contributed by atoms with Gasteiger partial charge in [-0.25, -0.2) is 9.97 Å². The summed E-state index contributed by atoms with van der Waals surface area (Å²) < 4.78 is 1.21. The van der Waals surface area contributed by atoms with Gasteiger partial charge in [-0.05, 0) is 80.1 Å². The fourth-order valence-corrected chi connectivity index (χ4v) is 5.92. The number of carbonyl (C=O) groups is 1. The zero-order chi connectivity index (χ0) is 22.2. The maximum atomic E-state index is 13.2. The Morgan fingerprint density at radius 1 is 1.00 bits per heavy atom. The summed E-state index contributed by atoms with van der Waals surface area (Å²) in [4.78, 5) is 22.6. The standard InChI is InChI=1S/C27H27N3OS/c1-16-7-4-5-8-20(16)19-11-12-25(28-15-19)30-26(31)21-9-6-10-22(21)27-29-23-13-17(2)18(3)14-24(23)32-27/h4-5,7-8,11-15,21-22H,6,9-10H2,1-3H3,(H,28,30,31). The van der Waals surface area contributed by atoms with E-state index in [1.54, 1.807) is 11.3 Å². The van der Waals surface area contributed by atoms with Crippen LogP contribution in [0.5, 0.6) is 0 Å². The Morgan fingerprint density at radius 2 is 1.81 bits per heavy atom. The monoisotopic (exact) mass is 441 g/mol. The molecule has 5 rings (SSSR count). The predicted octanol–water partition coefficient (Wildman–Crippen LogP) is 6.81. The Bertz CT molecular complexity index is 1250. The van der Waals surface area contributed by atoms with Crippen molar-refractivity contribution >= 4 is 33.3 Å². The highest BCUT2D eigenvalue weighted by atomic mass is 32.1. The number of amides is 1. The van der Waals surface area contributed by atoms with Gasteiger partial charge in [-0.2, -0.15) is 0 Å². The number of nitrogens with one attached hydrogen (secondary N) is 1. The van der Waals surface area contributed by atoms with Crippen molar-refractivity contribution in [3.05, 3.63) is 76.4 Å². The summed E-state index contributed by atoms with van der Waals surface area (Å²) in [5.74, 6) is 0.777. The van der Waals surface area contributed by atoms with Crippen LogP contribution in [-0.2, 0) is 4.79 Å². The number of benzene rings is 2. The summed E-state index contributed by atoms with van der Waals surface area (Å²) in [6, 6.07) is 16.5. The van der Waals surface area contributed by atoms with E-state index in [-0.39, 0.29) is 17.7 Å². The van der Waals surface area contributed by atoms with Crippen LogP contribution in [0.4, 0.5) is 5.82 Å². The van der Waals surface area contributed by atoms with E-state index in [1.807, 2.05) is 30.5 Å². The van der Waals surface area contributed by atoms with Crippen LogP contribution in [0.2, 0.25) is 0 Å². The van der Waals surface area contributed by atoms with E-state index < -0.39 is 0 Å². The maximum absolute atomic E-state index is 13.2. The number of fused-ring (bicyclic) bond motifs is 1. The lowest BCUT2D eigenvalue weighted by molar-refractivity contribution is -0.120. The lowest BCUT2D eigenvalue weighted by atomic mass is 9.95. The van der Waals surface area contributed by atoms with Crippen molar-refractivity contribution < 1.29 is 4.79 Å². The third kappa shape index (κ3) is 3.93. The molecule has 0 saturated heterocycles. The fourth-order valence-electron chi connectivity index (χ4n) is 4.67. The molecule has 2 aromatic carbocycles. The van der Waals surface area contributed by atoms with Crippen molar-refractivity contribution in [3.63, 3.8) is 0 Å². The summed E-state index contributed by atoms with van der Waals surface area (Å²) in [6.07, 6.45) is 4.79. The SMILES string of the molecule is Cc1cc2nc(C3CCCC3C(=O)Nc3ccc(-c4ccccc4C)cn3)sc2cc1C. The van der Waals surface area contributed by atoms with E-state index in [0.717, 1.165) is 40.9 Å². The van der Waals surface area contributed by atoms with Crippen LogP contribution >= 0.6 is 11.3 Å². The molecule has 32 heavy (non-hydrogen) atoms. The Balaban J connectivity index is 1.33. The molecular formula is C27H27N3OS. The first-order chi connectivity index (χ1) is 15.5. The van der Waals surface area contributed by atoms with Gasteiger partial charge >= 0.3 is 0 Å². The molecule has 2 unspecified atom stereocenters. The average Bonchev–Trinajstić information content (AvgIpc) is 3.42. The van der Waals surface area contributed by atoms with Crippen LogP contribution in [0.3, 0.4) is 0 Å². The largest absolute Gasteiger partial charge is 0.310 e. The van der Waals surface area contributed by atoms with Crippen LogP contribution < -0.4 is 5.32 Å². The van der Waals surface area contributed by atoms with Crippen LogP contribution in [0, 0.1) is 26.7 Å². The van der Waals surface area contributed by atoms with Crippen molar-refractivity contribution in [2.24, 2.45) is 5.92 Å². The first kappa shape index (κ1) is 20.8. The molecule has 1 amide bonds. The number of anilines is 1. The molecular weight excluding hydrogens is 414 g/mol. The van der Waals surface area contributed by atoms with Gasteiger partial charge in [0, 0.05) is 23.6 Å². The maximum Gasteiger partial charge on any atom is 0.229 e. The molecule has 162 valence electrons. The summed E-state index contributed by atoms with van der Waals surface area (Å²) in [6.45, 7) is 6.35. The van der Waals surface area contributed by atoms with Gasteiger partial charge in [0.05, 0.1) is 15.2 Å². The number of hydrogen-bond donors (Lipinski definition) is 1. The van der Waals surface area contributed by atoms with Crippen LogP contribution in [0.25, 0.3) is 21.3 Å². The van der Waals surface area contributed by atoms with Crippen molar-refractivity contribution in [1.29, 1.82) is 0 Å². The summed E-state index contributed by atoms with van der Waals surface area (Å²) in [7, 11) is 0. The molecule has 1 N–H and O–H groups in total. The quantitative estimate of drug-likeness (QED) is 0.379. The molecule has 2 aromatic heterocycles. The van der Waals surface area contributed by atoms with E-state index in [0.29, 0.717) is 5.82 Å². The molecule has 0 spiro atoms. The van der Waals surface area contributed by atoms with E-state index in [9.17, 15) is 4.79 Å². The highest BCUT2D eigenvalue weighted by Gasteiger charge is 2.36. The minimum atomic E-state index is -0.0596. The van der Waals surface area contributed by atoms with Crippen LogP contribution in [-0.4, -0.2) is 15.9 Å². The minimum absolute atomic E-state index is 0.0512. The Morgan fingerprint density at radius 3 is 2.59 bits per heavy atom. The first-order valence-corrected chi connectivity index (χ1v) is 12.0. The second kappa shape index (κ2) is 8.47. The molecule has 4 nitrogen and oxygen atoms in total. The molecule has 1 saturated carbocycles. The molecule has 0 radical (unpaired) electrons. The Hall–Kier alpha value is -3.05. The van der Waals surface area contributed by atoms with Gasteiger partial charge in [-0.3, -0.25) is 4.79 Å². The number of hydrogen-bond acceptors (Lipinski definition) is 4. The number of pyridine rings is 1. The van der Waals surface area contributed by atoms with Gasteiger partial charge < -0.3 is 5.32 Å². The van der Waals surface area contributed by atoms with Crippen molar-refractivity contribution in [2.45, 2.75) is 46.0 Å². The van der Waals surface area contributed by atoms with Crippen molar-refractivity contribution in [2.75, 3.05) is 5.32 Å². The van der Waals surface area contributed by atoms with E-state index in [4.69, 9.17) is 4.98 Å². The molecule has 5 heteroatoms. The fraction of sp³-hybridized carbons (Fsp3) is 0.296. The summed E-state index contributed by atoms with van der Waals surface area (Å²) >= 11 is 1.74. The van der Waals surface area contributed by atoms with Crippen LogP contribution in [0.15, 0.2) is 54.7 Å². The zero-order valence-corrected chi connectivity index (χ0v) is 19.5. The Kier molecular flexibility index (Phi) is 5.51. The van der Waals surface area contributed by atoms with Gasteiger partial charge in [0.25, 0.3) is 0 Å².